The molecule has 0 unspecified atom stereocenters. The van der Waals surface area contributed by atoms with Crippen molar-refractivity contribution in [3.8, 4) is 0 Å². The van der Waals surface area contributed by atoms with E-state index in [1.54, 1.807) is 48.5 Å². The first-order valence-corrected chi connectivity index (χ1v) is 9.73. The van der Waals surface area contributed by atoms with E-state index < -0.39 is 0 Å². The zero-order valence-electron chi connectivity index (χ0n) is 16.9. The molecule has 3 N–H and O–H groups in total. The van der Waals surface area contributed by atoms with Crippen molar-refractivity contribution >= 4 is 29.4 Å². The van der Waals surface area contributed by atoms with Crippen LogP contribution < -0.4 is 16.0 Å². The van der Waals surface area contributed by atoms with Gasteiger partial charge in [0.25, 0.3) is 11.8 Å². The van der Waals surface area contributed by atoms with Crippen molar-refractivity contribution in [2.75, 3.05) is 11.9 Å². The van der Waals surface area contributed by atoms with E-state index in [1.807, 2.05) is 13.8 Å². The van der Waals surface area contributed by atoms with Crippen molar-refractivity contribution < 1.29 is 19.2 Å². The summed E-state index contributed by atoms with van der Waals surface area (Å²) in [4.78, 5) is 49.6. The Kier molecular flexibility index (Phi) is 6.46. The van der Waals surface area contributed by atoms with E-state index in [2.05, 4.69) is 16.0 Å². The second kappa shape index (κ2) is 9.21. The molecule has 2 aromatic carbocycles. The molecule has 0 saturated heterocycles. The van der Waals surface area contributed by atoms with Crippen molar-refractivity contribution in [3.05, 3.63) is 65.2 Å². The molecule has 156 valence electrons. The number of hydrogen-bond donors (Lipinski definition) is 3. The van der Waals surface area contributed by atoms with Crippen molar-refractivity contribution in [2.24, 2.45) is 0 Å². The summed E-state index contributed by atoms with van der Waals surface area (Å²) in [5.41, 5.74) is 2.25. The van der Waals surface area contributed by atoms with Crippen LogP contribution in [-0.4, -0.2) is 41.2 Å². The van der Waals surface area contributed by atoms with E-state index >= 15 is 0 Å². The molecule has 0 spiro atoms. The van der Waals surface area contributed by atoms with Gasteiger partial charge in [-0.05, 0) is 43.7 Å². The molecule has 1 aliphatic rings. The van der Waals surface area contributed by atoms with Crippen LogP contribution in [0.5, 0.6) is 0 Å². The van der Waals surface area contributed by atoms with Crippen LogP contribution in [0.4, 0.5) is 10.5 Å². The first kappa shape index (κ1) is 21.0. The van der Waals surface area contributed by atoms with Crippen LogP contribution in [0, 0.1) is 0 Å². The average molecular weight is 408 g/mol. The number of nitrogens with zero attached hydrogens (tertiary/aromatic N) is 1. The van der Waals surface area contributed by atoms with Crippen molar-refractivity contribution in [3.63, 3.8) is 0 Å². The Morgan fingerprint density at radius 2 is 1.53 bits per heavy atom. The van der Waals surface area contributed by atoms with E-state index in [-0.39, 0.29) is 42.8 Å². The minimum absolute atomic E-state index is 0.0283. The van der Waals surface area contributed by atoms with Crippen LogP contribution in [0.25, 0.3) is 0 Å². The number of benzene rings is 2. The van der Waals surface area contributed by atoms with Crippen LogP contribution in [0.1, 0.15) is 46.5 Å². The fourth-order valence-corrected chi connectivity index (χ4v) is 3.08. The Hall–Kier alpha value is -3.68. The number of imide groups is 1. The van der Waals surface area contributed by atoms with Gasteiger partial charge in [-0.2, -0.15) is 0 Å². The molecule has 0 aliphatic carbocycles. The molecule has 1 heterocycles. The maximum atomic E-state index is 12.3. The van der Waals surface area contributed by atoms with Gasteiger partial charge in [0, 0.05) is 31.2 Å². The average Bonchev–Trinajstić information content (AvgIpc) is 2.95. The number of fused-ring (bicyclic) bond motifs is 1. The molecule has 5 amide bonds. The number of anilines is 1. The van der Waals surface area contributed by atoms with Gasteiger partial charge in [-0.1, -0.05) is 24.3 Å². The second-order valence-corrected chi connectivity index (χ2v) is 7.28. The van der Waals surface area contributed by atoms with Gasteiger partial charge >= 0.3 is 6.03 Å². The zero-order valence-corrected chi connectivity index (χ0v) is 16.9. The number of hydrogen-bond acceptors (Lipinski definition) is 4. The summed E-state index contributed by atoms with van der Waals surface area (Å²) >= 11 is 0. The summed E-state index contributed by atoms with van der Waals surface area (Å²) in [6.07, 6.45) is 0.0283. The molecule has 30 heavy (non-hydrogen) atoms. The van der Waals surface area contributed by atoms with Gasteiger partial charge in [-0.15, -0.1) is 0 Å². The van der Waals surface area contributed by atoms with Crippen molar-refractivity contribution in [1.82, 2.24) is 15.5 Å². The third-order valence-corrected chi connectivity index (χ3v) is 4.56. The molecular formula is C22H24N4O4. The molecule has 8 nitrogen and oxygen atoms in total. The Labute approximate surface area is 174 Å². The quantitative estimate of drug-likeness (QED) is 0.612. The summed E-state index contributed by atoms with van der Waals surface area (Å²) in [5.74, 6) is -0.994. The standard InChI is InChI=1S/C22H24N4O4/c1-14(2)24-22(30)25-16-9-7-15(8-10-16)13-23-19(27)11-12-26-20(28)17-5-3-4-6-18(17)21(26)29/h3-10,14H,11-13H2,1-2H3,(H,23,27)(H2,24,25,30). The van der Waals surface area contributed by atoms with E-state index in [9.17, 15) is 19.2 Å². The maximum absolute atomic E-state index is 12.3. The zero-order chi connectivity index (χ0) is 21.7. The van der Waals surface area contributed by atoms with Crippen LogP contribution >= 0.6 is 0 Å². The van der Waals surface area contributed by atoms with Crippen LogP contribution in [0.15, 0.2) is 48.5 Å². The molecule has 1 aliphatic heterocycles. The third kappa shape index (κ3) is 5.02. The molecule has 0 saturated carbocycles. The van der Waals surface area contributed by atoms with Crippen LogP contribution in [0.2, 0.25) is 0 Å². The van der Waals surface area contributed by atoms with Gasteiger partial charge in [0.05, 0.1) is 11.1 Å². The summed E-state index contributed by atoms with van der Waals surface area (Å²) < 4.78 is 0. The van der Waals surface area contributed by atoms with Crippen LogP contribution in [0.3, 0.4) is 0 Å². The SMILES string of the molecule is CC(C)NC(=O)Nc1ccc(CNC(=O)CCN2C(=O)c3ccccc3C2=O)cc1. The van der Waals surface area contributed by atoms with Gasteiger partial charge in [-0.25, -0.2) is 4.79 Å². The summed E-state index contributed by atoms with van der Waals surface area (Å²) in [6, 6.07) is 13.5. The van der Waals surface area contributed by atoms with E-state index in [0.29, 0.717) is 23.4 Å². The highest BCUT2D eigenvalue weighted by atomic mass is 16.2. The Morgan fingerprint density at radius 3 is 2.10 bits per heavy atom. The maximum Gasteiger partial charge on any atom is 0.319 e. The number of carbonyl (C=O) groups is 4. The van der Waals surface area contributed by atoms with E-state index in [0.717, 1.165) is 10.5 Å². The highest BCUT2D eigenvalue weighted by Gasteiger charge is 2.34. The Bertz CT molecular complexity index is 934. The number of urea groups is 1. The Balaban J connectivity index is 1.45. The molecular weight excluding hydrogens is 384 g/mol. The lowest BCUT2D eigenvalue weighted by molar-refractivity contribution is -0.121. The fraction of sp³-hybridized carbons (Fsp3) is 0.273. The summed E-state index contributed by atoms with van der Waals surface area (Å²) in [7, 11) is 0. The lowest BCUT2D eigenvalue weighted by Gasteiger charge is -2.13. The monoisotopic (exact) mass is 408 g/mol. The largest absolute Gasteiger partial charge is 0.352 e. The topological polar surface area (TPSA) is 108 Å². The molecule has 2 aromatic rings. The van der Waals surface area contributed by atoms with Crippen molar-refractivity contribution in [2.45, 2.75) is 32.9 Å². The first-order valence-electron chi connectivity index (χ1n) is 9.73. The molecule has 0 aromatic heterocycles. The molecule has 0 fully saturated rings. The minimum atomic E-state index is -0.368. The normalized spacial score (nSPS) is 12.7. The van der Waals surface area contributed by atoms with Gasteiger partial charge in [0.15, 0.2) is 0 Å². The number of rotatable bonds is 7. The smallest absolute Gasteiger partial charge is 0.319 e. The predicted octanol–water partition coefficient (Wildman–Crippen LogP) is 2.52. The fourth-order valence-electron chi connectivity index (χ4n) is 3.08. The van der Waals surface area contributed by atoms with Gasteiger partial charge in [-0.3, -0.25) is 19.3 Å². The van der Waals surface area contributed by atoms with E-state index in [1.165, 1.54) is 0 Å². The second-order valence-electron chi connectivity index (χ2n) is 7.28. The molecule has 8 heteroatoms. The van der Waals surface area contributed by atoms with Gasteiger partial charge < -0.3 is 16.0 Å². The highest BCUT2D eigenvalue weighted by Crippen LogP contribution is 2.22. The number of nitrogens with one attached hydrogen (secondary N) is 3. The number of carbonyl (C=O) groups excluding carboxylic acids is 4. The van der Waals surface area contributed by atoms with Crippen molar-refractivity contribution in [1.29, 1.82) is 0 Å². The summed E-state index contributed by atoms with van der Waals surface area (Å²) in [6.45, 7) is 4.09. The van der Waals surface area contributed by atoms with Gasteiger partial charge in [0.1, 0.15) is 0 Å². The third-order valence-electron chi connectivity index (χ3n) is 4.56. The first-order chi connectivity index (χ1) is 14.3. The summed E-state index contributed by atoms with van der Waals surface area (Å²) in [5, 5.41) is 8.23. The number of amides is 5. The molecule has 0 bridgehead atoms. The minimum Gasteiger partial charge on any atom is -0.352 e. The molecule has 0 radical (unpaired) electrons. The lowest BCUT2D eigenvalue weighted by atomic mass is 10.1. The highest BCUT2D eigenvalue weighted by molar-refractivity contribution is 6.21. The van der Waals surface area contributed by atoms with Gasteiger partial charge in [0.2, 0.25) is 5.91 Å². The Morgan fingerprint density at radius 1 is 0.933 bits per heavy atom. The lowest BCUT2D eigenvalue weighted by Crippen LogP contribution is -2.34. The molecule has 0 atom stereocenters. The van der Waals surface area contributed by atoms with Crippen LogP contribution in [-0.2, 0) is 11.3 Å². The van der Waals surface area contributed by atoms with E-state index in [4.69, 9.17) is 0 Å². The predicted molar refractivity (Wildman–Crippen MR) is 112 cm³/mol. The molecule has 3 rings (SSSR count).